The van der Waals surface area contributed by atoms with Crippen LogP contribution >= 0.6 is 7.60 Å². The van der Waals surface area contributed by atoms with Crippen LogP contribution in [0.25, 0.3) is 32.7 Å². The van der Waals surface area contributed by atoms with Crippen LogP contribution in [-0.4, -0.2) is 158 Å². The number of phenolic OH excluding ortho intramolecular Hbond substituents is 1. The average Bonchev–Trinajstić information content (AvgIpc) is 3.40. The largest absolute Gasteiger partial charge is 0.504 e. The maximum atomic E-state index is 13.0. The molecule has 2 fully saturated rings. The van der Waals surface area contributed by atoms with Crippen molar-refractivity contribution in [2.75, 3.05) is 122 Å². The maximum absolute atomic E-state index is 13.0. The molecule has 2 aliphatic rings. The lowest BCUT2D eigenvalue weighted by Gasteiger charge is -2.35. The zero-order valence-electron chi connectivity index (χ0n) is 42.6. The fourth-order valence-corrected chi connectivity index (χ4v) is 10.0. The number of methoxy groups -OCH3 is 4. The number of phenols is 1. The van der Waals surface area contributed by atoms with E-state index in [9.17, 15) is 19.3 Å². The number of H-pyrrole nitrogens is 1. The van der Waals surface area contributed by atoms with Crippen molar-refractivity contribution in [2.45, 2.75) is 27.2 Å². The van der Waals surface area contributed by atoms with Gasteiger partial charge in [0, 0.05) is 81.0 Å². The number of piperazine rings is 2. The summed E-state index contributed by atoms with van der Waals surface area (Å²) in [7, 11) is 5.16. The molecule has 73 heavy (non-hydrogen) atoms. The van der Waals surface area contributed by atoms with E-state index in [2.05, 4.69) is 57.0 Å². The number of fused-ring (bicyclic) bond motifs is 3. The number of hydrogen-bond acceptors (Lipinski definition) is 18. The summed E-state index contributed by atoms with van der Waals surface area (Å²) in [4.78, 5) is 57.0. The van der Waals surface area contributed by atoms with Gasteiger partial charge in [-0.25, -0.2) is 29.7 Å². The van der Waals surface area contributed by atoms with Crippen LogP contribution in [0.15, 0.2) is 84.4 Å². The summed E-state index contributed by atoms with van der Waals surface area (Å²) in [5.74, 6) is 4.00. The Hall–Kier alpha value is -7.32. The highest BCUT2D eigenvalue weighted by Crippen LogP contribution is 2.49. The zero-order chi connectivity index (χ0) is 52.1. The first-order chi connectivity index (χ1) is 35.3. The number of nitrogens with zero attached hydrogens (tertiary/aromatic N) is 9. The van der Waals surface area contributed by atoms with Gasteiger partial charge in [-0.15, -0.1) is 0 Å². The van der Waals surface area contributed by atoms with Gasteiger partial charge in [0.25, 0.3) is 5.56 Å². The van der Waals surface area contributed by atoms with Crippen LogP contribution in [0.2, 0.25) is 0 Å². The lowest BCUT2D eigenvalue weighted by Crippen LogP contribution is -2.50. The molecule has 388 valence electrons. The van der Waals surface area contributed by atoms with E-state index < -0.39 is 7.60 Å². The average molecular weight is 1020 g/mol. The molecule has 2 amide bonds. The van der Waals surface area contributed by atoms with Gasteiger partial charge in [0.2, 0.25) is 0 Å². The molecule has 2 aliphatic heterocycles. The Morgan fingerprint density at radius 1 is 0.671 bits per heavy atom. The number of carbonyl (C=O) groups is 1. The number of carbonyl (C=O) groups excluding carboxylic acids is 1. The van der Waals surface area contributed by atoms with Crippen LogP contribution < -0.4 is 39.6 Å². The quantitative estimate of drug-likeness (QED) is 0.0918. The third-order valence-corrected chi connectivity index (χ3v) is 14.4. The van der Waals surface area contributed by atoms with Crippen LogP contribution in [0.3, 0.4) is 0 Å². The predicted octanol–water partition coefficient (Wildman–Crippen LogP) is 7.15. The molecular formula is C51H64N11O10P. The Kier molecular flexibility index (Phi) is 18.2. The molecule has 0 radical (unpaired) electrons. The number of rotatable bonds is 14. The van der Waals surface area contributed by atoms with Crippen LogP contribution in [0.5, 0.6) is 28.7 Å². The van der Waals surface area contributed by atoms with Gasteiger partial charge < -0.3 is 63.0 Å². The van der Waals surface area contributed by atoms with Crippen molar-refractivity contribution >= 4 is 63.7 Å². The monoisotopic (exact) mass is 1020 g/mol. The lowest BCUT2D eigenvalue weighted by atomic mass is 10.1. The molecule has 22 heteroatoms. The van der Waals surface area contributed by atoms with Crippen molar-refractivity contribution in [1.29, 1.82) is 0 Å². The summed E-state index contributed by atoms with van der Waals surface area (Å²) in [5.41, 5.74) is 4.69. The number of aromatic nitrogens is 6. The molecule has 2 saturated heterocycles. The van der Waals surface area contributed by atoms with Gasteiger partial charge in [-0.1, -0.05) is 17.7 Å². The summed E-state index contributed by atoms with van der Waals surface area (Å²) in [6.07, 6.45) is 5.17. The number of aromatic amines is 1. The highest BCUT2D eigenvalue weighted by atomic mass is 31.2. The molecule has 0 saturated carbocycles. The Labute approximate surface area is 423 Å². The summed E-state index contributed by atoms with van der Waals surface area (Å²) < 4.78 is 44.9. The first-order valence-electron chi connectivity index (χ1n) is 23.9. The Morgan fingerprint density at radius 3 is 1.77 bits per heavy atom. The van der Waals surface area contributed by atoms with Gasteiger partial charge in [0.05, 0.1) is 76.1 Å². The number of hydrogen-bond donors (Lipinski definition) is 3. The smallest absolute Gasteiger partial charge is 0.330 e. The normalized spacial score (nSPS) is 14.0. The molecular weight excluding hydrogens is 958 g/mol. The number of anilines is 3. The SMILES string of the molecule is CCOP(=O)(CCc1cc2ncnc(N3CCN(C(=O)Nc4ccc(C)cc4)CC3)c2cc1OC)OCC.COc1cc2c(N3CCN(C)CC3)ncnc2cc1O.COc1cc2nc[nH]c(=O)c2cc1OC. The lowest BCUT2D eigenvalue weighted by molar-refractivity contribution is 0.208. The molecule has 7 aromatic rings. The van der Waals surface area contributed by atoms with Gasteiger partial charge >= 0.3 is 13.6 Å². The minimum atomic E-state index is -3.18. The van der Waals surface area contributed by atoms with E-state index >= 15 is 0 Å². The fraction of sp³-hybridized carbons (Fsp3) is 0.392. The molecule has 0 aliphatic carbocycles. The van der Waals surface area contributed by atoms with E-state index in [4.69, 9.17) is 28.0 Å². The van der Waals surface area contributed by atoms with Gasteiger partial charge in [0.15, 0.2) is 23.0 Å². The number of aryl methyl sites for hydroxylation is 2. The Morgan fingerprint density at radius 2 is 1.19 bits per heavy atom. The second kappa shape index (κ2) is 24.9. The number of aromatic hydroxyl groups is 1. The number of nitrogens with one attached hydrogen (secondary N) is 2. The molecule has 0 spiro atoms. The highest BCUT2D eigenvalue weighted by molar-refractivity contribution is 7.53. The molecule has 21 nitrogen and oxygen atoms in total. The van der Waals surface area contributed by atoms with Gasteiger partial charge in [0.1, 0.15) is 30.0 Å². The number of urea groups is 1. The van der Waals surface area contributed by atoms with E-state index in [0.717, 1.165) is 76.4 Å². The van der Waals surface area contributed by atoms with Crippen molar-refractivity contribution in [1.82, 2.24) is 39.7 Å². The number of amides is 2. The molecule has 0 bridgehead atoms. The number of likely N-dealkylation sites (N-methyl/N-ethyl adjacent to an activating group) is 1. The van der Waals surface area contributed by atoms with Crippen LogP contribution in [-0.2, 0) is 20.0 Å². The molecule has 0 atom stereocenters. The van der Waals surface area contributed by atoms with Crippen LogP contribution in [0, 0.1) is 6.92 Å². The summed E-state index contributed by atoms with van der Waals surface area (Å²) in [5, 5.41) is 15.1. The molecule has 3 N–H and O–H groups in total. The van der Waals surface area contributed by atoms with Gasteiger partial charge in [-0.2, -0.15) is 0 Å². The first kappa shape index (κ1) is 53.5. The fourth-order valence-electron chi connectivity index (χ4n) is 8.42. The minimum Gasteiger partial charge on any atom is -0.504 e. The maximum Gasteiger partial charge on any atom is 0.330 e. The van der Waals surface area contributed by atoms with Crippen LogP contribution in [0.4, 0.5) is 22.1 Å². The van der Waals surface area contributed by atoms with Crippen molar-refractivity contribution in [3.05, 3.63) is 101 Å². The second-order valence-electron chi connectivity index (χ2n) is 17.1. The molecule has 4 aromatic carbocycles. The standard InChI is InChI=1S/C27H36N5O5P.C14H18N4O2.C10H10N2O3/c1-5-36-38(34,37-6-2)16-11-21-17-24-23(18-25(21)35-4)26(29-19-28-24)31-12-14-32(15-13-31)27(33)30-22-9-7-20(3)8-10-22;1-17-3-5-18(6-4-17)14-10-7-13(20-2)12(19)8-11(10)15-9-16-14;1-14-8-3-6-7(4-9(8)15-2)11-5-12-10(6)13/h7-10,17-19H,5-6,11-16H2,1-4H3,(H,30,33);7-9,19H,3-6H2,1-2H3;3-5H,1-2H3,(H,11,12,13). The van der Waals surface area contributed by atoms with E-state index in [1.807, 2.05) is 48.2 Å². The van der Waals surface area contributed by atoms with E-state index in [0.29, 0.717) is 79.7 Å². The Bertz CT molecular complexity index is 3080. The zero-order valence-corrected chi connectivity index (χ0v) is 43.5. The summed E-state index contributed by atoms with van der Waals surface area (Å²) in [6.45, 7) is 12.6. The third kappa shape index (κ3) is 13.2. The van der Waals surface area contributed by atoms with E-state index in [1.165, 1.54) is 20.5 Å². The van der Waals surface area contributed by atoms with Crippen molar-refractivity contribution in [3.63, 3.8) is 0 Å². The Balaban J connectivity index is 0.000000184. The van der Waals surface area contributed by atoms with Gasteiger partial charge in [-0.05, 0) is 76.2 Å². The minimum absolute atomic E-state index is 0.100. The summed E-state index contributed by atoms with van der Waals surface area (Å²) in [6, 6.07) is 18.2. The van der Waals surface area contributed by atoms with Crippen molar-refractivity contribution in [3.8, 4) is 28.7 Å². The third-order valence-electron chi connectivity index (χ3n) is 12.4. The number of ether oxygens (including phenoxy) is 4. The predicted molar refractivity (Wildman–Crippen MR) is 282 cm³/mol. The topological polar surface area (TPSA) is 232 Å². The molecule has 5 heterocycles. The number of benzene rings is 4. The summed E-state index contributed by atoms with van der Waals surface area (Å²) >= 11 is 0. The van der Waals surface area contributed by atoms with Gasteiger partial charge in [-0.3, -0.25) is 9.36 Å². The molecule has 9 rings (SSSR count). The second-order valence-corrected chi connectivity index (χ2v) is 19.2. The highest BCUT2D eigenvalue weighted by Gasteiger charge is 2.27. The first-order valence-corrected chi connectivity index (χ1v) is 25.6. The molecule has 0 unspecified atom stereocenters. The van der Waals surface area contributed by atoms with E-state index in [-0.39, 0.29) is 23.5 Å². The van der Waals surface area contributed by atoms with Crippen molar-refractivity contribution < 1.29 is 42.5 Å². The van der Waals surface area contributed by atoms with Crippen LogP contribution in [0.1, 0.15) is 25.0 Å². The van der Waals surface area contributed by atoms with Crippen molar-refractivity contribution in [2.24, 2.45) is 0 Å². The molecule has 3 aromatic heterocycles. The van der Waals surface area contributed by atoms with E-state index in [1.54, 1.807) is 65.0 Å².